The number of aliphatic hydroxyl groups excluding tert-OH is 1. The van der Waals surface area contributed by atoms with Crippen LogP contribution in [0.2, 0.25) is 0 Å². The van der Waals surface area contributed by atoms with Crippen molar-refractivity contribution in [1.82, 2.24) is 5.32 Å². The van der Waals surface area contributed by atoms with Gasteiger partial charge in [-0.05, 0) is 37.9 Å². The number of rotatable bonds is 9. The molecule has 0 spiro atoms. The minimum Gasteiger partial charge on any atom is -0.388 e. The number of carbonyl (C=O) groups excluding carboxylic acids is 1. The lowest BCUT2D eigenvalue weighted by Gasteiger charge is -2.10. The van der Waals surface area contributed by atoms with Crippen LogP contribution in [-0.2, 0) is 11.3 Å². The normalized spacial score (nSPS) is 12.0. The second-order valence-electron chi connectivity index (χ2n) is 5.20. The van der Waals surface area contributed by atoms with E-state index in [1.807, 2.05) is 0 Å². The predicted molar refractivity (Wildman–Crippen MR) is 83.1 cm³/mol. The second-order valence-corrected chi connectivity index (χ2v) is 5.20. The molecule has 1 aromatic carbocycles. The SMILES string of the molecule is CC(O)c1cc(CNC(=O)CCCCCN)ccc1[N+](=O)[O-]. The number of aliphatic hydroxyl groups is 1. The molecule has 0 aliphatic rings. The maximum atomic E-state index is 11.7. The Bertz CT molecular complexity index is 518. The molecule has 0 saturated carbocycles. The first-order valence-corrected chi connectivity index (χ1v) is 7.37. The Balaban J connectivity index is 2.57. The molecule has 0 fully saturated rings. The van der Waals surface area contributed by atoms with E-state index in [0.29, 0.717) is 13.0 Å². The first-order chi connectivity index (χ1) is 10.5. The van der Waals surface area contributed by atoms with Crippen LogP contribution in [0.5, 0.6) is 0 Å². The molecule has 4 N–H and O–H groups in total. The van der Waals surface area contributed by atoms with E-state index in [2.05, 4.69) is 5.32 Å². The first-order valence-electron chi connectivity index (χ1n) is 7.37. The summed E-state index contributed by atoms with van der Waals surface area (Å²) in [5, 5.41) is 23.3. The number of unbranched alkanes of at least 4 members (excludes halogenated alkanes) is 2. The number of hydrogen-bond acceptors (Lipinski definition) is 5. The van der Waals surface area contributed by atoms with E-state index >= 15 is 0 Å². The molecule has 122 valence electrons. The highest BCUT2D eigenvalue weighted by Crippen LogP contribution is 2.26. The highest BCUT2D eigenvalue weighted by molar-refractivity contribution is 5.75. The van der Waals surface area contributed by atoms with Crippen molar-refractivity contribution in [2.24, 2.45) is 5.73 Å². The summed E-state index contributed by atoms with van der Waals surface area (Å²) in [5.74, 6) is -0.0611. The van der Waals surface area contributed by atoms with Crippen LogP contribution in [0.15, 0.2) is 18.2 Å². The summed E-state index contributed by atoms with van der Waals surface area (Å²) in [7, 11) is 0. The molecule has 0 aliphatic heterocycles. The Morgan fingerprint density at radius 3 is 2.73 bits per heavy atom. The Morgan fingerprint density at radius 1 is 1.41 bits per heavy atom. The van der Waals surface area contributed by atoms with Crippen molar-refractivity contribution in [2.45, 2.75) is 45.3 Å². The summed E-state index contributed by atoms with van der Waals surface area (Å²) < 4.78 is 0. The third-order valence-electron chi connectivity index (χ3n) is 3.34. The molecular weight excluding hydrogens is 286 g/mol. The zero-order valence-corrected chi connectivity index (χ0v) is 12.7. The Kier molecular flexibility index (Phi) is 7.48. The van der Waals surface area contributed by atoms with Crippen molar-refractivity contribution in [2.75, 3.05) is 6.54 Å². The lowest BCUT2D eigenvalue weighted by Crippen LogP contribution is -2.22. The molecule has 0 saturated heterocycles. The van der Waals surface area contributed by atoms with Crippen LogP contribution in [0.3, 0.4) is 0 Å². The molecule has 0 bridgehead atoms. The number of hydrogen-bond donors (Lipinski definition) is 3. The average Bonchev–Trinajstić information content (AvgIpc) is 2.49. The standard InChI is InChI=1S/C15H23N3O4/c1-11(19)13-9-12(6-7-14(13)18(21)22)10-17-15(20)5-3-2-4-8-16/h6-7,9,11,19H,2-5,8,10,16H2,1H3,(H,17,20). The highest BCUT2D eigenvalue weighted by atomic mass is 16.6. The molecule has 0 aliphatic carbocycles. The third-order valence-corrected chi connectivity index (χ3v) is 3.34. The van der Waals surface area contributed by atoms with Crippen molar-refractivity contribution >= 4 is 11.6 Å². The fourth-order valence-corrected chi connectivity index (χ4v) is 2.11. The molecule has 7 nitrogen and oxygen atoms in total. The van der Waals surface area contributed by atoms with Gasteiger partial charge >= 0.3 is 0 Å². The molecule has 7 heteroatoms. The van der Waals surface area contributed by atoms with Gasteiger partial charge in [-0.15, -0.1) is 0 Å². The summed E-state index contributed by atoms with van der Waals surface area (Å²) in [6.07, 6.45) is 2.13. The zero-order chi connectivity index (χ0) is 16.5. The van der Waals surface area contributed by atoms with Gasteiger partial charge in [0.2, 0.25) is 5.91 Å². The van der Waals surface area contributed by atoms with E-state index in [1.54, 1.807) is 12.1 Å². The van der Waals surface area contributed by atoms with Crippen LogP contribution < -0.4 is 11.1 Å². The summed E-state index contributed by atoms with van der Waals surface area (Å²) in [6.45, 7) is 2.39. The number of nitro groups is 1. The summed E-state index contributed by atoms with van der Waals surface area (Å²) in [6, 6.07) is 4.49. The number of benzene rings is 1. The molecule has 0 aromatic heterocycles. The van der Waals surface area contributed by atoms with Crippen molar-refractivity contribution in [3.05, 3.63) is 39.4 Å². The van der Waals surface area contributed by atoms with Gasteiger partial charge in [-0.25, -0.2) is 0 Å². The fourth-order valence-electron chi connectivity index (χ4n) is 2.11. The van der Waals surface area contributed by atoms with Gasteiger partial charge in [-0.3, -0.25) is 14.9 Å². The average molecular weight is 309 g/mol. The van der Waals surface area contributed by atoms with Crippen molar-refractivity contribution in [3.63, 3.8) is 0 Å². The zero-order valence-electron chi connectivity index (χ0n) is 12.7. The third kappa shape index (κ3) is 5.79. The predicted octanol–water partition coefficient (Wildman–Crippen LogP) is 1.78. The fraction of sp³-hybridized carbons (Fsp3) is 0.533. The van der Waals surface area contributed by atoms with Gasteiger partial charge in [0.25, 0.3) is 5.69 Å². The molecule has 22 heavy (non-hydrogen) atoms. The highest BCUT2D eigenvalue weighted by Gasteiger charge is 2.17. The maximum absolute atomic E-state index is 11.7. The van der Waals surface area contributed by atoms with E-state index in [4.69, 9.17) is 5.73 Å². The number of carbonyl (C=O) groups is 1. The summed E-state index contributed by atoms with van der Waals surface area (Å²) >= 11 is 0. The smallest absolute Gasteiger partial charge is 0.275 e. The lowest BCUT2D eigenvalue weighted by atomic mass is 10.0. The van der Waals surface area contributed by atoms with Crippen LogP contribution in [0.4, 0.5) is 5.69 Å². The van der Waals surface area contributed by atoms with E-state index in [9.17, 15) is 20.0 Å². The molecule has 1 aromatic rings. The van der Waals surface area contributed by atoms with E-state index in [1.165, 1.54) is 13.0 Å². The number of amides is 1. The van der Waals surface area contributed by atoms with Crippen LogP contribution in [0.1, 0.15) is 49.8 Å². The number of nitrogens with one attached hydrogen (secondary N) is 1. The molecule has 0 radical (unpaired) electrons. The van der Waals surface area contributed by atoms with E-state index < -0.39 is 11.0 Å². The van der Waals surface area contributed by atoms with E-state index in [-0.39, 0.29) is 23.7 Å². The molecule has 1 amide bonds. The molecule has 0 heterocycles. The van der Waals surface area contributed by atoms with Crippen LogP contribution in [-0.4, -0.2) is 22.5 Å². The topological polar surface area (TPSA) is 118 Å². The summed E-state index contributed by atoms with van der Waals surface area (Å²) in [5.41, 5.74) is 6.23. The van der Waals surface area contributed by atoms with Crippen molar-refractivity contribution in [1.29, 1.82) is 0 Å². The number of nitro benzene ring substituents is 1. The Labute approximate surface area is 129 Å². The van der Waals surface area contributed by atoms with Crippen LogP contribution >= 0.6 is 0 Å². The monoisotopic (exact) mass is 309 g/mol. The quantitative estimate of drug-likeness (QED) is 0.365. The van der Waals surface area contributed by atoms with Gasteiger partial charge in [0.15, 0.2) is 0 Å². The van der Waals surface area contributed by atoms with Gasteiger partial charge in [0, 0.05) is 19.0 Å². The van der Waals surface area contributed by atoms with Gasteiger partial charge in [-0.1, -0.05) is 12.5 Å². The van der Waals surface area contributed by atoms with Crippen LogP contribution in [0.25, 0.3) is 0 Å². The first kappa shape index (κ1) is 18.1. The lowest BCUT2D eigenvalue weighted by molar-refractivity contribution is -0.386. The Morgan fingerprint density at radius 2 is 2.14 bits per heavy atom. The van der Waals surface area contributed by atoms with Gasteiger partial charge in [0.05, 0.1) is 16.6 Å². The van der Waals surface area contributed by atoms with Gasteiger partial charge < -0.3 is 16.2 Å². The number of nitrogens with two attached hydrogens (primary N) is 1. The molecular formula is C15H23N3O4. The largest absolute Gasteiger partial charge is 0.388 e. The van der Waals surface area contributed by atoms with Gasteiger partial charge in [0.1, 0.15) is 0 Å². The van der Waals surface area contributed by atoms with Gasteiger partial charge in [-0.2, -0.15) is 0 Å². The number of nitrogens with zero attached hydrogens (tertiary/aromatic N) is 1. The van der Waals surface area contributed by atoms with Crippen molar-refractivity contribution in [3.8, 4) is 0 Å². The molecule has 1 unspecified atom stereocenters. The minimum atomic E-state index is -0.938. The molecule has 1 rings (SSSR count). The Hall–Kier alpha value is -1.99. The van der Waals surface area contributed by atoms with Crippen LogP contribution in [0, 0.1) is 10.1 Å². The van der Waals surface area contributed by atoms with Crippen molar-refractivity contribution < 1.29 is 14.8 Å². The molecule has 1 atom stereocenters. The summed E-state index contributed by atoms with van der Waals surface area (Å²) in [4.78, 5) is 22.0. The minimum absolute atomic E-state index is 0.0611. The van der Waals surface area contributed by atoms with E-state index in [0.717, 1.165) is 24.8 Å². The second kappa shape index (κ2) is 9.11. The maximum Gasteiger partial charge on any atom is 0.275 e.